The lowest BCUT2D eigenvalue weighted by molar-refractivity contribution is -0.385. The van der Waals surface area contributed by atoms with Crippen LogP contribution in [0.3, 0.4) is 0 Å². The molecule has 1 amide bonds. The second kappa shape index (κ2) is 10.2. The summed E-state index contributed by atoms with van der Waals surface area (Å²) in [5, 5.41) is 20.3. The molecule has 1 aromatic heterocycles. The molecule has 2 heterocycles. The number of hydrogen-bond donors (Lipinski definition) is 0. The van der Waals surface area contributed by atoms with E-state index in [4.69, 9.17) is 14.2 Å². The molecular formula is C24H25N5O6. The van der Waals surface area contributed by atoms with Crippen LogP contribution in [0.25, 0.3) is 11.3 Å². The van der Waals surface area contributed by atoms with E-state index in [-0.39, 0.29) is 22.7 Å². The zero-order valence-corrected chi connectivity index (χ0v) is 19.6. The standard InChI is InChI=1S/C24H25N5O6/c1-33-17-6-4-5-16(13-17)19-7-8-23(26-25-19)27-9-11-28(12-10-27)24(30)18-14-21(34-2)22(35-3)15-20(18)29(31)32/h4-8,13-15H,9-12H2,1-3H3. The number of carbonyl (C=O) groups is 1. The van der Waals surface area contributed by atoms with Crippen LogP contribution in [0.4, 0.5) is 11.5 Å². The molecule has 0 bridgehead atoms. The van der Waals surface area contributed by atoms with Gasteiger partial charge in [0.05, 0.1) is 38.0 Å². The third-order valence-corrected chi connectivity index (χ3v) is 5.84. The maximum absolute atomic E-state index is 13.2. The van der Waals surface area contributed by atoms with Crippen molar-refractivity contribution in [1.82, 2.24) is 15.1 Å². The number of carbonyl (C=O) groups excluding carboxylic acids is 1. The SMILES string of the molecule is COc1cccc(-c2ccc(N3CCN(C(=O)c4cc(OC)c(OC)cc4[N+](=O)[O-])CC3)nn2)c1. The van der Waals surface area contributed by atoms with Gasteiger partial charge in [-0.1, -0.05) is 12.1 Å². The Hall–Kier alpha value is -4.41. The first kappa shape index (κ1) is 23.7. The van der Waals surface area contributed by atoms with Crippen LogP contribution in [0, 0.1) is 10.1 Å². The molecule has 0 radical (unpaired) electrons. The normalized spacial score (nSPS) is 13.3. The maximum Gasteiger partial charge on any atom is 0.286 e. The molecule has 35 heavy (non-hydrogen) atoms. The zero-order chi connectivity index (χ0) is 24.9. The van der Waals surface area contributed by atoms with Crippen LogP contribution < -0.4 is 19.1 Å². The molecule has 0 aliphatic carbocycles. The summed E-state index contributed by atoms with van der Waals surface area (Å²) in [6.07, 6.45) is 0. The zero-order valence-electron chi connectivity index (χ0n) is 19.6. The average Bonchev–Trinajstić information content (AvgIpc) is 2.92. The van der Waals surface area contributed by atoms with E-state index in [1.807, 2.05) is 41.3 Å². The molecule has 2 aromatic carbocycles. The summed E-state index contributed by atoms with van der Waals surface area (Å²) >= 11 is 0. The Bertz CT molecular complexity index is 1230. The van der Waals surface area contributed by atoms with Crippen LogP contribution in [0.15, 0.2) is 48.5 Å². The van der Waals surface area contributed by atoms with Gasteiger partial charge in [-0.3, -0.25) is 14.9 Å². The minimum absolute atomic E-state index is 0.0384. The molecule has 11 heteroatoms. The van der Waals surface area contributed by atoms with Crippen molar-refractivity contribution in [3.63, 3.8) is 0 Å². The molecule has 182 valence electrons. The van der Waals surface area contributed by atoms with Crippen LogP contribution in [-0.4, -0.2) is 73.4 Å². The fourth-order valence-electron chi connectivity index (χ4n) is 3.93. The predicted molar refractivity (Wildman–Crippen MR) is 128 cm³/mol. The number of methoxy groups -OCH3 is 3. The average molecular weight is 479 g/mol. The highest BCUT2D eigenvalue weighted by molar-refractivity contribution is 5.99. The van der Waals surface area contributed by atoms with E-state index in [2.05, 4.69) is 10.2 Å². The topological polar surface area (TPSA) is 120 Å². The molecule has 1 saturated heterocycles. The van der Waals surface area contributed by atoms with Crippen molar-refractivity contribution in [1.29, 1.82) is 0 Å². The van der Waals surface area contributed by atoms with Crippen molar-refractivity contribution in [3.8, 4) is 28.5 Å². The highest BCUT2D eigenvalue weighted by Gasteiger charge is 2.30. The van der Waals surface area contributed by atoms with E-state index in [0.29, 0.717) is 32.0 Å². The summed E-state index contributed by atoms with van der Waals surface area (Å²) in [7, 11) is 4.41. The highest BCUT2D eigenvalue weighted by atomic mass is 16.6. The Balaban J connectivity index is 1.46. The number of amides is 1. The number of piperazine rings is 1. The first-order chi connectivity index (χ1) is 16.9. The quantitative estimate of drug-likeness (QED) is 0.372. The fourth-order valence-corrected chi connectivity index (χ4v) is 3.93. The number of nitrogens with zero attached hydrogens (tertiary/aromatic N) is 5. The van der Waals surface area contributed by atoms with Crippen molar-refractivity contribution in [3.05, 3.63) is 64.2 Å². The molecule has 0 unspecified atom stereocenters. The molecule has 1 aliphatic heterocycles. The van der Waals surface area contributed by atoms with E-state index < -0.39 is 10.8 Å². The van der Waals surface area contributed by atoms with E-state index >= 15 is 0 Å². The number of anilines is 1. The molecule has 0 atom stereocenters. The number of nitro groups is 1. The van der Waals surface area contributed by atoms with Gasteiger partial charge in [0.1, 0.15) is 11.3 Å². The van der Waals surface area contributed by atoms with Crippen LogP contribution in [0.5, 0.6) is 17.2 Å². The Kier molecular flexibility index (Phi) is 6.95. The van der Waals surface area contributed by atoms with Gasteiger partial charge in [-0.25, -0.2) is 0 Å². The number of nitro benzene ring substituents is 1. The third-order valence-electron chi connectivity index (χ3n) is 5.84. The van der Waals surface area contributed by atoms with Crippen LogP contribution >= 0.6 is 0 Å². The van der Waals surface area contributed by atoms with E-state index in [0.717, 1.165) is 17.0 Å². The van der Waals surface area contributed by atoms with Crippen molar-refractivity contribution >= 4 is 17.4 Å². The lowest BCUT2D eigenvalue weighted by Gasteiger charge is -2.35. The summed E-state index contributed by atoms with van der Waals surface area (Å²) in [6, 6.07) is 13.9. The summed E-state index contributed by atoms with van der Waals surface area (Å²) < 4.78 is 15.6. The molecule has 4 rings (SSSR count). The van der Waals surface area contributed by atoms with Gasteiger partial charge >= 0.3 is 0 Å². The van der Waals surface area contributed by atoms with Gasteiger partial charge < -0.3 is 24.0 Å². The third kappa shape index (κ3) is 4.93. The highest BCUT2D eigenvalue weighted by Crippen LogP contribution is 2.35. The Morgan fingerprint density at radius 3 is 2.23 bits per heavy atom. The van der Waals surface area contributed by atoms with Crippen LogP contribution in [0.1, 0.15) is 10.4 Å². The molecule has 0 spiro atoms. The Morgan fingerprint density at radius 2 is 1.63 bits per heavy atom. The minimum Gasteiger partial charge on any atom is -0.497 e. The van der Waals surface area contributed by atoms with E-state index in [1.165, 1.54) is 26.4 Å². The molecule has 3 aromatic rings. The fraction of sp³-hybridized carbons (Fsp3) is 0.292. The number of rotatable bonds is 7. The van der Waals surface area contributed by atoms with Crippen molar-refractivity contribution in [2.45, 2.75) is 0 Å². The van der Waals surface area contributed by atoms with Crippen molar-refractivity contribution in [2.24, 2.45) is 0 Å². The van der Waals surface area contributed by atoms with E-state index in [9.17, 15) is 14.9 Å². The summed E-state index contributed by atoms with van der Waals surface area (Å²) in [6.45, 7) is 1.79. The minimum atomic E-state index is -0.592. The second-order valence-electron chi connectivity index (χ2n) is 7.77. The Labute approximate surface area is 202 Å². The monoisotopic (exact) mass is 479 g/mol. The van der Waals surface area contributed by atoms with Gasteiger partial charge in [-0.05, 0) is 24.3 Å². The van der Waals surface area contributed by atoms with Gasteiger partial charge in [0.15, 0.2) is 17.3 Å². The predicted octanol–water partition coefficient (Wildman–Crippen LogP) is 3.04. The Morgan fingerprint density at radius 1 is 0.914 bits per heavy atom. The van der Waals surface area contributed by atoms with Crippen LogP contribution in [-0.2, 0) is 0 Å². The van der Waals surface area contributed by atoms with Gasteiger partial charge in [0.2, 0.25) is 0 Å². The molecule has 11 nitrogen and oxygen atoms in total. The summed E-state index contributed by atoms with van der Waals surface area (Å²) in [4.78, 5) is 27.8. The molecule has 1 aliphatic rings. The lowest BCUT2D eigenvalue weighted by Crippen LogP contribution is -2.49. The van der Waals surface area contributed by atoms with Gasteiger partial charge in [-0.2, -0.15) is 0 Å². The smallest absolute Gasteiger partial charge is 0.286 e. The van der Waals surface area contributed by atoms with Crippen molar-refractivity contribution < 1.29 is 23.9 Å². The lowest BCUT2D eigenvalue weighted by atomic mass is 10.1. The molecule has 1 fully saturated rings. The first-order valence-corrected chi connectivity index (χ1v) is 10.9. The van der Waals surface area contributed by atoms with Gasteiger partial charge in [-0.15, -0.1) is 10.2 Å². The molecule has 0 N–H and O–H groups in total. The summed E-state index contributed by atoms with van der Waals surface area (Å²) in [5.41, 5.74) is 1.26. The number of hydrogen-bond acceptors (Lipinski definition) is 9. The van der Waals surface area contributed by atoms with E-state index in [1.54, 1.807) is 12.0 Å². The van der Waals surface area contributed by atoms with Crippen LogP contribution in [0.2, 0.25) is 0 Å². The second-order valence-corrected chi connectivity index (χ2v) is 7.77. The molecular weight excluding hydrogens is 454 g/mol. The summed E-state index contributed by atoms with van der Waals surface area (Å²) in [5.74, 6) is 1.45. The van der Waals surface area contributed by atoms with Gasteiger partial charge in [0, 0.05) is 37.8 Å². The number of ether oxygens (including phenoxy) is 3. The number of aromatic nitrogens is 2. The first-order valence-electron chi connectivity index (χ1n) is 10.9. The van der Waals surface area contributed by atoms with Crippen molar-refractivity contribution in [2.75, 3.05) is 52.4 Å². The van der Waals surface area contributed by atoms with Gasteiger partial charge in [0.25, 0.3) is 11.6 Å². The largest absolute Gasteiger partial charge is 0.497 e. The molecule has 0 saturated carbocycles. The number of benzene rings is 2. The maximum atomic E-state index is 13.2.